The normalized spacial score (nSPS) is 14.1. The quantitative estimate of drug-likeness (QED) is 0.219. The molecule has 238 valence electrons. The average molecular weight is 620 g/mol. The Labute approximate surface area is 260 Å². The fourth-order valence-corrected chi connectivity index (χ4v) is 4.85. The molecule has 45 heavy (non-hydrogen) atoms. The van der Waals surface area contributed by atoms with Crippen LogP contribution in [0.15, 0.2) is 42.6 Å². The van der Waals surface area contributed by atoms with Gasteiger partial charge in [-0.1, -0.05) is 12.1 Å². The molecule has 1 aliphatic heterocycles. The molecule has 2 aromatic heterocycles. The van der Waals surface area contributed by atoms with Crippen LogP contribution in [0.3, 0.4) is 0 Å². The number of pyridine rings is 2. The van der Waals surface area contributed by atoms with Crippen molar-refractivity contribution >= 4 is 41.1 Å². The number of benzene rings is 1. The largest absolute Gasteiger partial charge is 0.444 e. The van der Waals surface area contributed by atoms with Crippen LogP contribution >= 0.6 is 0 Å². The molecule has 0 bridgehead atoms. The maximum absolute atomic E-state index is 15.4. The van der Waals surface area contributed by atoms with Crippen molar-refractivity contribution in [3.05, 3.63) is 76.4 Å². The lowest BCUT2D eigenvalue weighted by atomic mass is 10.0. The number of aromatic nitrogens is 2. The van der Waals surface area contributed by atoms with Crippen molar-refractivity contribution in [2.75, 3.05) is 17.2 Å². The number of halogens is 1. The lowest BCUT2D eigenvalue weighted by Crippen LogP contribution is -2.47. The van der Waals surface area contributed by atoms with Crippen molar-refractivity contribution in [2.24, 2.45) is 5.73 Å². The number of alkyl carbamates (subject to hydrolysis) is 1. The smallest absolute Gasteiger partial charge is 0.407 e. The van der Waals surface area contributed by atoms with Crippen molar-refractivity contribution < 1.29 is 28.3 Å². The summed E-state index contributed by atoms with van der Waals surface area (Å²) in [7, 11) is 0. The van der Waals surface area contributed by atoms with E-state index < -0.39 is 35.5 Å². The standard InChI is InChI=1S/C32H38FN7O5/c1-17-14-20(16-35-18(17)2)37-27-23(26(34)41)15-24(33)28(39-27)38-25(19(3)36-31(44)45-32(4,5)6)12-9-13-40-29(42)21-10-7-8-11-22(21)30(40)43/h7-8,10-11,14-16,19,25H,9,12-13H2,1-6H3,(H2,34,41)(H,36,44)(H2,37,38,39)/t19-,25+/m0/s1. The molecule has 0 radical (unpaired) electrons. The van der Waals surface area contributed by atoms with Crippen molar-refractivity contribution in [3.8, 4) is 0 Å². The predicted molar refractivity (Wildman–Crippen MR) is 167 cm³/mol. The Morgan fingerprint density at radius 1 is 1.07 bits per heavy atom. The summed E-state index contributed by atoms with van der Waals surface area (Å²) in [5.74, 6) is -2.69. The number of nitrogens with two attached hydrogens (primary N) is 1. The molecule has 0 unspecified atom stereocenters. The number of hydrogen-bond acceptors (Lipinski definition) is 9. The van der Waals surface area contributed by atoms with E-state index in [0.717, 1.165) is 17.3 Å². The first-order valence-corrected chi connectivity index (χ1v) is 14.6. The number of nitrogens with zero attached hydrogens (tertiary/aromatic N) is 3. The van der Waals surface area contributed by atoms with Gasteiger partial charge >= 0.3 is 6.09 Å². The van der Waals surface area contributed by atoms with Crippen LogP contribution in [-0.4, -0.2) is 62.9 Å². The third-order valence-corrected chi connectivity index (χ3v) is 7.29. The fourth-order valence-electron chi connectivity index (χ4n) is 4.85. The number of primary amides is 1. The van der Waals surface area contributed by atoms with Gasteiger partial charge in [0.25, 0.3) is 17.7 Å². The van der Waals surface area contributed by atoms with Gasteiger partial charge in [-0.25, -0.2) is 14.2 Å². The number of imide groups is 1. The zero-order chi connectivity index (χ0) is 33.1. The van der Waals surface area contributed by atoms with E-state index in [-0.39, 0.29) is 42.0 Å². The number of aryl methyl sites for hydroxylation is 2. The highest BCUT2D eigenvalue weighted by molar-refractivity contribution is 6.21. The Hall–Kier alpha value is -5.07. The van der Waals surface area contributed by atoms with Gasteiger partial charge in [0.2, 0.25) is 0 Å². The summed E-state index contributed by atoms with van der Waals surface area (Å²) in [6, 6.07) is 8.12. The van der Waals surface area contributed by atoms with Gasteiger partial charge < -0.3 is 26.4 Å². The highest BCUT2D eigenvalue weighted by Crippen LogP contribution is 2.27. The van der Waals surface area contributed by atoms with Gasteiger partial charge in [-0.15, -0.1) is 0 Å². The molecule has 2 atom stereocenters. The molecule has 0 fully saturated rings. The van der Waals surface area contributed by atoms with Gasteiger partial charge in [0.1, 0.15) is 11.4 Å². The van der Waals surface area contributed by atoms with Gasteiger partial charge in [0.15, 0.2) is 11.6 Å². The highest BCUT2D eigenvalue weighted by atomic mass is 19.1. The van der Waals surface area contributed by atoms with Crippen LogP contribution in [0.4, 0.5) is 26.5 Å². The average Bonchev–Trinajstić information content (AvgIpc) is 3.19. The van der Waals surface area contributed by atoms with Crippen molar-refractivity contribution in [1.29, 1.82) is 0 Å². The van der Waals surface area contributed by atoms with Gasteiger partial charge in [-0.05, 0) is 84.2 Å². The third kappa shape index (κ3) is 7.91. The third-order valence-electron chi connectivity index (χ3n) is 7.29. The van der Waals surface area contributed by atoms with Crippen LogP contribution in [0.25, 0.3) is 0 Å². The van der Waals surface area contributed by atoms with E-state index in [1.165, 1.54) is 4.90 Å². The van der Waals surface area contributed by atoms with Crippen molar-refractivity contribution in [3.63, 3.8) is 0 Å². The summed E-state index contributed by atoms with van der Waals surface area (Å²) in [6.45, 7) is 10.7. The number of amides is 4. The SMILES string of the molecule is Cc1cc(Nc2nc(N[C@H](CCCN3C(=O)c4ccccc4C3=O)[C@H](C)NC(=O)OC(C)(C)C)c(F)cc2C(N)=O)cnc1C. The van der Waals surface area contributed by atoms with E-state index >= 15 is 4.39 Å². The van der Waals surface area contributed by atoms with E-state index in [4.69, 9.17) is 10.5 Å². The fraction of sp³-hybridized carbons (Fsp3) is 0.375. The maximum atomic E-state index is 15.4. The number of carbonyl (C=O) groups excluding carboxylic acids is 4. The molecular formula is C32H38FN7O5. The van der Waals surface area contributed by atoms with Gasteiger partial charge in [0, 0.05) is 24.3 Å². The number of rotatable bonds is 11. The minimum absolute atomic E-state index is 0.00832. The molecule has 0 saturated heterocycles. The number of carbonyl (C=O) groups is 4. The molecule has 13 heteroatoms. The topological polar surface area (TPSA) is 169 Å². The maximum Gasteiger partial charge on any atom is 0.407 e. The van der Waals surface area contributed by atoms with E-state index in [9.17, 15) is 19.2 Å². The lowest BCUT2D eigenvalue weighted by Gasteiger charge is -2.29. The van der Waals surface area contributed by atoms with Crippen molar-refractivity contribution in [2.45, 2.75) is 72.1 Å². The van der Waals surface area contributed by atoms with Crippen LogP contribution in [0.5, 0.6) is 0 Å². The Kier molecular flexibility index (Phi) is 9.69. The first kappa shape index (κ1) is 32.8. The summed E-state index contributed by atoms with van der Waals surface area (Å²) in [5.41, 5.74) is 7.53. The monoisotopic (exact) mass is 619 g/mol. The second-order valence-corrected chi connectivity index (χ2v) is 12.0. The highest BCUT2D eigenvalue weighted by Gasteiger charge is 2.35. The minimum atomic E-state index is -0.885. The number of fused-ring (bicyclic) bond motifs is 1. The summed E-state index contributed by atoms with van der Waals surface area (Å²) in [4.78, 5) is 60.3. The zero-order valence-electron chi connectivity index (χ0n) is 26.2. The Bertz CT molecular complexity index is 1600. The van der Waals surface area contributed by atoms with Gasteiger partial charge in [0.05, 0.1) is 28.6 Å². The molecule has 1 aliphatic rings. The Balaban J connectivity index is 1.58. The molecule has 0 aliphatic carbocycles. The molecule has 5 N–H and O–H groups in total. The molecular weight excluding hydrogens is 581 g/mol. The molecule has 0 spiro atoms. The first-order chi connectivity index (χ1) is 21.1. The molecule has 4 amide bonds. The Morgan fingerprint density at radius 3 is 2.29 bits per heavy atom. The molecule has 12 nitrogen and oxygen atoms in total. The number of ether oxygens (including phenoxy) is 1. The van der Waals surface area contributed by atoms with Crippen LogP contribution in [0.1, 0.15) is 82.9 Å². The molecule has 0 saturated carbocycles. The first-order valence-electron chi connectivity index (χ1n) is 14.6. The van der Waals surface area contributed by atoms with E-state index in [1.807, 2.05) is 13.8 Å². The number of hydrogen-bond donors (Lipinski definition) is 4. The summed E-state index contributed by atoms with van der Waals surface area (Å²) in [6.07, 6.45) is 1.49. The molecule has 3 aromatic rings. The summed E-state index contributed by atoms with van der Waals surface area (Å²) >= 11 is 0. The van der Waals surface area contributed by atoms with Crippen LogP contribution in [0.2, 0.25) is 0 Å². The van der Waals surface area contributed by atoms with Crippen LogP contribution in [-0.2, 0) is 4.74 Å². The van der Waals surface area contributed by atoms with E-state index in [0.29, 0.717) is 23.2 Å². The van der Waals surface area contributed by atoms with Crippen LogP contribution in [0, 0.1) is 19.7 Å². The Morgan fingerprint density at radius 2 is 1.71 bits per heavy atom. The number of nitrogens with one attached hydrogen (secondary N) is 3. The number of anilines is 3. The molecule has 4 rings (SSSR count). The zero-order valence-corrected chi connectivity index (χ0v) is 26.2. The van der Waals surface area contributed by atoms with Crippen LogP contribution < -0.4 is 21.7 Å². The second kappa shape index (κ2) is 13.3. The van der Waals surface area contributed by atoms with Gasteiger partial charge in [-0.2, -0.15) is 0 Å². The summed E-state index contributed by atoms with van der Waals surface area (Å²) < 4.78 is 20.8. The minimum Gasteiger partial charge on any atom is -0.444 e. The van der Waals surface area contributed by atoms with Gasteiger partial charge in [-0.3, -0.25) is 24.3 Å². The molecule has 3 heterocycles. The predicted octanol–water partition coefficient (Wildman–Crippen LogP) is 4.85. The summed E-state index contributed by atoms with van der Waals surface area (Å²) in [5, 5.41) is 8.80. The van der Waals surface area contributed by atoms with Crippen molar-refractivity contribution in [1.82, 2.24) is 20.2 Å². The lowest BCUT2D eigenvalue weighted by molar-refractivity contribution is 0.0502. The van der Waals surface area contributed by atoms with E-state index in [1.54, 1.807) is 64.2 Å². The van der Waals surface area contributed by atoms with E-state index in [2.05, 4.69) is 25.9 Å². The molecule has 1 aromatic carbocycles. The second-order valence-electron chi connectivity index (χ2n) is 12.0.